The Bertz CT molecular complexity index is 466. The Morgan fingerprint density at radius 3 is 2.67 bits per heavy atom. The van der Waals surface area contributed by atoms with Crippen molar-refractivity contribution in [1.82, 2.24) is 10.6 Å². The first kappa shape index (κ1) is 13.9. The third kappa shape index (κ3) is 4.00. The smallest absolute Gasteiger partial charge is 0.325 e. The molecule has 0 radical (unpaired) electrons. The number of aliphatic carboxylic acids is 1. The fourth-order valence-corrected chi connectivity index (χ4v) is 1.16. The molecule has 0 aliphatic rings. The molecule has 98 valence electrons. The van der Waals surface area contributed by atoms with Crippen LogP contribution in [0.4, 0.5) is 13.6 Å². The van der Waals surface area contributed by atoms with Crippen molar-refractivity contribution in [2.45, 2.75) is 19.5 Å². The van der Waals surface area contributed by atoms with E-state index in [0.29, 0.717) is 0 Å². The van der Waals surface area contributed by atoms with Crippen LogP contribution in [0.2, 0.25) is 0 Å². The molecule has 1 atom stereocenters. The van der Waals surface area contributed by atoms with Gasteiger partial charge in [-0.1, -0.05) is 0 Å². The first-order valence-electron chi connectivity index (χ1n) is 5.11. The van der Waals surface area contributed by atoms with Crippen molar-refractivity contribution in [1.29, 1.82) is 0 Å². The van der Waals surface area contributed by atoms with E-state index in [2.05, 4.69) is 10.6 Å². The lowest BCUT2D eigenvalue weighted by molar-refractivity contribution is -0.138. The highest BCUT2D eigenvalue weighted by Crippen LogP contribution is 2.08. The van der Waals surface area contributed by atoms with Gasteiger partial charge in [-0.25, -0.2) is 13.6 Å². The van der Waals surface area contributed by atoms with Gasteiger partial charge in [0.2, 0.25) is 0 Å². The zero-order valence-electron chi connectivity index (χ0n) is 9.54. The largest absolute Gasteiger partial charge is 0.480 e. The normalized spacial score (nSPS) is 11.7. The summed E-state index contributed by atoms with van der Waals surface area (Å²) in [6.45, 7) is 1.05. The zero-order chi connectivity index (χ0) is 13.7. The van der Waals surface area contributed by atoms with Crippen LogP contribution in [0.5, 0.6) is 0 Å². The maximum Gasteiger partial charge on any atom is 0.325 e. The molecule has 2 amide bonds. The summed E-state index contributed by atoms with van der Waals surface area (Å²) in [5.74, 6) is -2.46. The van der Waals surface area contributed by atoms with Gasteiger partial charge in [0.25, 0.3) is 0 Å². The van der Waals surface area contributed by atoms with Gasteiger partial charge < -0.3 is 15.7 Å². The number of carbonyl (C=O) groups excluding carboxylic acids is 1. The standard InChI is InChI=1S/C11H12F2N2O3/c1-6(10(16)17)15-11(18)14-5-7-4-8(12)2-3-9(7)13/h2-4,6H,5H2,1H3,(H,16,17)(H2,14,15,18)/t6-/m0/s1. The van der Waals surface area contributed by atoms with Crippen molar-refractivity contribution in [2.24, 2.45) is 0 Å². The number of hydrogen-bond donors (Lipinski definition) is 3. The highest BCUT2D eigenvalue weighted by molar-refractivity contribution is 5.82. The SMILES string of the molecule is C[C@H](NC(=O)NCc1cc(F)ccc1F)C(=O)O. The second-order valence-electron chi connectivity index (χ2n) is 3.62. The van der Waals surface area contributed by atoms with Gasteiger partial charge in [-0.15, -0.1) is 0 Å². The van der Waals surface area contributed by atoms with E-state index < -0.39 is 29.7 Å². The van der Waals surface area contributed by atoms with E-state index >= 15 is 0 Å². The van der Waals surface area contributed by atoms with Crippen LogP contribution in [0.15, 0.2) is 18.2 Å². The van der Waals surface area contributed by atoms with Gasteiger partial charge in [-0.05, 0) is 25.1 Å². The van der Waals surface area contributed by atoms with Gasteiger partial charge in [0.15, 0.2) is 0 Å². The number of carboxylic acids is 1. The molecular weight excluding hydrogens is 246 g/mol. The molecule has 0 aromatic heterocycles. The van der Waals surface area contributed by atoms with Crippen molar-refractivity contribution in [3.63, 3.8) is 0 Å². The Kier molecular flexibility index (Phi) is 4.59. The van der Waals surface area contributed by atoms with Gasteiger partial charge in [0, 0.05) is 12.1 Å². The minimum absolute atomic E-state index is 0.0203. The van der Waals surface area contributed by atoms with Crippen molar-refractivity contribution in [3.8, 4) is 0 Å². The minimum atomic E-state index is -1.19. The summed E-state index contributed by atoms with van der Waals surface area (Å²) in [6.07, 6.45) is 0. The highest BCUT2D eigenvalue weighted by Gasteiger charge is 2.13. The van der Waals surface area contributed by atoms with Crippen LogP contribution in [-0.4, -0.2) is 23.1 Å². The molecule has 1 rings (SSSR count). The number of amides is 2. The molecule has 7 heteroatoms. The Balaban J connectivity index is 2.52. The predicted octanol–water partition coefficient (Wildman–Crippen LogP) is 1.24. The lowest BCUT2D eigenvalue weighted by atomic mass is 10.2. The first-order valence-corrected chi connectivity index (χ1v) is 5.11. The molecule has 0 aliphatic heterocycles. The fourth-order valence-electron chi connectivity index (χ4n) is 1.16. The molecule has 1 aromatic rings. The summed E-state index contributed by atoms with van der Waals surface area (Å²) in [4.78, 5) is 21.7. The Labute approximate surface area is 102 Å². The van der Waals surface area contributed by atoms with Crippen molar-refractivity contribution < 1.29 is 23.5 Å². The monoisotopic (exact) mass is 258 g/mol. The molecule has 3 N–H and O–H groups in total. The minimum Gasteiger partial charge on any atom is -0.480 e. The lowest BCUT2D eigenvalue weighted by Crippen LogP contribution is -2.44. The molecule has 0 heterocycles. The number of hydrogen-bond acceptors (Lipinski definition) is 2. The molecule has 18 heavy (non-hydrogen) atoms. The van der Waals surface area contributed by atoms with Gasteiger partial charge in [0.05, 0.1) is 0 Å². The number of benzene rings is 1. The summed E-state index contributed by atoms with van der Waals surface area (Å²) < 4.78 is 26.0. The molecule has 0 spiro atoms. The van der Waals surface area contributed by atoms with Gasteiger partial charge in [-0.3, -0.25) is 4.79 Å². The van der Waals surface area contributed by atoms with E-state index in [9.17, 15) is 18.4 Å². The van der Waals surface area contributed by atoms with Crippen LogP contribution in [-0.2, 0) is 11.3 Å². The fraction of sp³-hybridized carbons (Fsp3) is 0.273. The third-order valence-electron chi connectivity index (χ3n) is 2.17. The molecule has 0 bridgehead atoms. The van der Waals surface area contributed by atoms with Gasteiger partial charge >= 0.3 is 12.0 Å². The quantitative estimate of drug-likeness (QED) is 0.760. The lowest BCUT2D eigenvalue weighted by Gasteiger charge is -2.11. The van der Waals surface area contributed by atoms with Crippen LogP contribution < -0.4 is 10.6 Å². The average molecular weight is 258 g/mol. The van der Waals surface area contributed by atoms with Crippen LogP contribution in [0.3, 0.4) is 0 Å². The van der Waals surface area contributed by atoms with E-state index in [0.717, 1.165) is 18.2 Å². The van der Waals surface area contributed by atoms with E-state index in [1.165, 1.54) is 6.92 Å². The first-order chi connectivity index (χ1) is 8.40. The predicted molar refractivity (Wildman–Crippen MR) is 58.8 cm³/mol. The molecule has 0 saturated carbocycles. The van der Waals surface area contributed by atoms with E-state index in [4.69, 9.17) is 5.11 Å². The van der Waals surface area contributed by atoms with E-state index in [1.54, 1.807) is 0 Å². The Morgan fingerprint density at radius 2 is 2.06 bits per heavy atom. The number of halogens is 2. The third-order valence-corrected chi connectivity index (χ3v) is 2.17. The number of nitrogens with one attached hydrogen (secondary N) is 2. The van der Waals surface area contributed by atoms with Gasteiger partial charge in [0.1, 0.15) is 17.7 Å². The summed E-state index contributed by atoms with van der Waals surface area (Å²) in [5.41, 5.74) is -0.0203. The molecule has 1 aromatic carbocycles. The van der Waals surface area contributed by atoms with E-state index in [-0.39, 0.29) is 12.1 Å². The summed E-state index contributed by atoms with van der Waals surface area (Å²) in [7, 11) is 0. The van der Waals surface area contributed by atoms with Crippen LogP contribution in [0.1, 0.15) is 12.5 Å². The molecular formula is C11H12F2N2O3. The van der Waals surface area contributed by atoms with Crippen molar-refractivity contribution in [2.75, 3.05) is 0 Å². The van der Waals surface area contributed by atoms with E-state index in [1.807, 2.05) is 0 Å². The summed E-state index contributed by atoms with van der Waals surface area (Å²) in [6, 6.07) is 1.03. The average Bonchev–Trinajstić information content (AvgIpc) is 2.30. The number of rotatable bonds is 4. The molecule has 0 unspecified atom stereocenters. The number of carboxylic acid groups (broad SMARTS) is 1. The maximum absolute atomic E-state index is 13.2. The van der Waals surface area contributed by atoms with Crippen LogP contribution in [0.25, 0.3) is 0 Å². The second-order valence-corrected chi connectivity index (χ2v) is 3.62. The second kappa shape index (κ2) is 5.95. The topological polar surface area (TPSA) is 78.4 Å². The van der Waals surface area contributed by atoms with Gasteiger partial charge in [-0.2, -0.15) is 0 Å². The highest BCUT2D eigenvalue weighted by atomic mass is 19.1. The molecule has 0 fully saturated rings. The Hall–Kier alpha value is -2.18. The zero-order valence-corrected chi connectivity index (χ0v) is 9.54. The van der Waals surface area contributed by atoms with Crippen molar-refractivity contribution >= 4 is 12.0 Å². The molecule has 0 aliphatic carbocycles. The van der Waals surface area contributed by atoms with Crippen LogP contribution >= 0.6 is 0 Å². The Morgan fingerprint density at radius 1 is 1.39 bits per heavy atom. The summed E-state index contributed by atoms with van der Waals surface area (Å²) >= 11 is 0. The number of urea groups is 1. The van der Waals surface area contributed by atoms with Crippen LogP contribution in [0, 0.1) is 11.6 Å². The molecule has 0 saturated heterocycles. The molecule has 5 nitrogen and oxygen atoms in total. The summed E-state index contributed by atoms with van der Waals surface area (Å²) in [5, 5.41) is 12.9. The van der Waals surface area contributed by atoms with Crippen molar-refractivity contribution in [3.05, 3.63) is 35.4 Å². The maximum atomic E-state index is 13.2. The number of carbonyl (C=O) groups is 2.